The van der Waals surface area contributed by atoms with Crippen LogP contribution in [0.2, 0.25) is 0 Å². The third-order valence-corrected chi connectivity index (χ3v) is 3.77. The molecule has 1 unspecified atom stereocenters. The van der Waals surface area contributed by atoms with Crippen LogP contribution in [0, 0.1) is 0 Å². The third-order valence-electron chi connectivity index (χ3n) is 3.77. The van der Waals surface area contributed by atoms with Gasteiger partial charge in [-0.2, -0.15) is 5.10 Å². The van der Waals surface area contributed by atoms with E-state index in [0.717, 1.165) is 28.3 Å². The SMILES string of the molecule is COc1cccc(C(CN)c2cc(-c3ccccc3)n[nH]2)c1. The number of nitrogens with two attached hydrogens (primary N) is 1. The van der Waals surface area contributed by atoms with Gasteiger partial charge in [0.15, 0.2) is 0 Å². The van der Waals surface area contributed by atoms with E-state index in [1.807, 2.05) is 48.5 Å². The zero-order chi connectivity index (χ0) is 15.4. The first kappa shape index (κ1) is 14.4. The minimum absolute atomic E-state index is 0.0695. The van der Waals surface area contributed by atoms with E-state index in [2.05, 4.69) is 22.3 Å². The summed E-state index contributed by atoms with van der Waals surface area (Å²) in [6, 6.07) is 20.1. The summed E-state index contributed by atoms with van der Waals surface area (Å²) >= 11 is 0. The van der Waals surface area contributed by atoms with Gasteiger partial charge in [-0.3, -0.25) is 5.10 Å². The van der Waals surface area contributed by atoms with Crippen LogP contribution in [-0.2, 0) is 0 Å². The highest BCUT2D eigenvalue weighted by Gasteiger charge is 2.16. The fourth-order valence-electron chi connectivity index (χ4n) is 2.57. The molecule has 4 nitrogen and oxygen atoms in total. The lowest BCUT2D eigenvalue weighted by atomic mass is 9.95. The Balaban J connectivity index is 1.93. The zero-order valence-electron chi connectivity index (χ0n) is 12.5. The molecule has 0 radical (unpaired) electrons. The molecule has 3 aromatic rings. The lowest BCUT2D eigenvalue weighted by Gasteiger charge is -2.14. The summed E-state index contributed by atoms with van der Waals surface area (Å²) in [5, 5.41) is 7.53. The molecule has 0 bridgehead atoms. The molecule has 0 aliphatic rings. The molecule has 0 fully saturated rings. The van der Waals surface area contributed by atoms with Crippen molar-refractivity contribution in [2.45, 2.75) is 5.92 Å². The van der Waals surface area contributed by atoms with Gasteiger partial charge in [0.1, 0.15) is 5.75 Å². The molecule has 3 N–H and O–H groups in total. The van der Waals surface area contributed by atoms with Gasteiger partial charge in [-0.1, -0.05) is 42.5 Å². The highest BCUT2D eigenvalue weighted by atomic mass is 16.5. The van der Waals surface area contributed by atoms with E-state index in [1.54, 1.807) is 7.11 Å². The number of aromatic nitrogens is 2. The van der Waals surface area contributed by atoms with Gasteiger partial charge in [-0.25, -0.2) is 0 Å². The van der Waals surface area contributed by atoms with Crippen molar-refractivity contribution < 1.29 is 4.74 Å². The minimum atomic E-state index is 0.0695. The number of hydrogen-bond donors (Lipinski definition) is 2. The molecule has 112 valence electrons. The maximum absolute atomic E-state index is 5.99. The number of methoxy groups -OCH3 is 1. The van der Waals surface area contributed by atoms with Crippen molar-refractivity contribution >= 4 is 0 Å². The summed E-state index contributed by atoms with van der Waals surface area (Å²) in [6.07, 6.45) is 0. The summed E-state index contributed by atoms with van der Waals surface area (Å²) in [5.41, 5.74) is 10.1. The van der Waals surface area contributed by atoms with E-state index >= 15 is 0 Å². The summed E-state index contributed by atoms with van der Waals surface area (Å²) < 4.78 is 5.29. The Bertz CT molecular complexity index is 737. The molecule has 3 rings (SSSR count). The molecule has 1 aromatic heterocycles. The molecule has 0 amide bonds. The van der Waals surface area contributed by atoms with Gasteiger partial charge in [0.25, 0.3) is 0 Å². The predicted molar refractivity (Wildman–Crippen MR) is 87.9 cm³/mol. The molecule has 0 saturated heterocycles. The van der Waals surface area contributed by atoms with Crippen molar-refractivity contribution in [3.63, 3.8) is 0 Å². The van der Waals surface area contributed by atoms with Crippen molar-refractivity contribution in [3.8, 4) is 17.0 Å². The summed E-state index contributed by atoms with van der Waals surface area (Å²) in [7, 11) is 1.67. The second-order valence-electron chi connectivity index (χ2n) is 5.14. The Morgan fingerprint density at radius 2 is 1.91 bits per heavy atom. The van der Waals surface area contributed by atoms with E-state index in [9.17, 15) is 0 Å². The standard InChI is InChI=1S/C18H19N3O/c1-22-15-9-5-8-14(10-15)16(12-19)18-11-17(20-21-18)13-6-3-2-4-7-13/h2-11,16H,12,19H2,1H3,(H,20,21). The molecule has 22 heavy (non-hydrogen) atoms. The zero-order valence-corrected chi connectivity index (χ0v) is 12.5. The lowest BCUT2D eigenvalue weighted by Crippen LogP contribution is -2.14. The molecule has 0 aliphatic heterocycles. The monoisotopic (exact) mass is 293 g/mol. The molecule has 2 aromatic carbocycles. The average Bonchev–Trinajstić information content (AvgIpc) is 3.06. The number of nitrogens with zero attached hydrogens (tertiary/aromatic N) is 1. The Morgan fingerprint density at radius 1 is 1.09 bits per heavy atom. The van der Waals surface area contributed by atoms with Gasteiger partial charge in [0, 0.05) is 23.7 Å². The Morgan fingerprint density at radius 3 is 2.64 bits per heavy atom. The van der Waals surface area contributed by atoms with Gasteiger partial charge in [0.2, 0.25) is 0 Å². The van der Waals surface area contributed by atoms with Crippen LogP contribution in [0.3, 0.4) is 0 Å². The van der Waals surface area contributed by atoms with E-state index in [4.69, 9.17) is 10.5 Å². The predicted octanol–water partition coefficient (Wildman–Crippen LogP) is 3.18. The highest BCUT2D eigenvalue weighted by Crippen LogP contribution is 2.27. The first-order valence-corrected chi connectivity index (χ1v) is 7.26. The summed E-state index contributed by atoms with van der Waals surface area (Å²) in [5.74, 6) is 0.902. The van der Waals surface area contributed by atoms with Crippen molar-refractivity contribution in [2.75, 3.05) is 13.7 Å². The number of H-pyrrole nitrogens is 1. The van der Waals surface area contributed by atoms with Crippen LogP contribution in [-0.4, -0.2) is 23.9 Å². The Kier molecular flexibility index (Phi) is 4.21. The van der Waals surface area contributed by atoms with Crippen molar-refractivity contribution in [3.05, 3.63) is 71.9 Å². The number of nitrogens with one attached hydrogen (secondary N) is 1. The first-order chi connectivity index (χ1) is 10.8. The maximum atomic E-state index is 5.99. The molecule has 0 saturated carbocycles. The molecule has 0 aliphatic carbocycles. The van der Waals surface area contributed by atoms with E-state index < -0.39 is 0 Å². The minimum Gasteiger partial charge on any atom is -0.497 e. The average molecular weight is 293 g/mol. The molecule has 0 spiro atoms. The second-order valence-corrected chi connectivity index (χ2v) is 5.14. The van der Waals surface area contributed by atoms with Crippen LogP contribution in [0.1, 0.15) is 17.2 Å². The highest BCUT2D eigenvalue weighted by molar-refractivity contribution is 5.59. The normalized spacial score (nSPS) is 12.1. The maximum Gasteiger partial charge on any atom is 0.119 e. The second kappa shape index (κ2) is 6.45. The quantitative estimate of drug-likeness (QED) is 0.759. The van der Waals surface area contributed by atoms with Crippen molar-refractivity contribution in [2.24, 2.45) is 5.73 Å². The van der Waals surface area contributed by atoms with Crippen LogP contribution in [0.5, 0.6) is 5.75 Å². The van der Waals surface area contributed by atoms with Crippen molar-refractivity contribution in [1.82, 2.24) is 10.2 Å². The number of rotatable bonds is 5. The van der Waals surface area contributed by atoms with Gasteiger partial charge < -0.3 is 10.5 Å². The molecular formula is C18H19N3O. The molecule has 1 heterocycles. The van der Waals surface area contributed by atoms with Crippen molar-refractivity contribution in [1.29, 1.82) is 0 Å². The number of benzene rings is 2. The van der Waals surface area contributed by atoms with Crippen LogP contribution in [0.4, 0.5) is 0 Å². The first-order valence-electron chi connectivity index (χ1n) is 7.26. The number of aromatic amines is 1. The topological polar surface area (TPSA) is 63.9 Å². The van der Waals surface area contributed by atoms with Gasteiger partial charge in [-0.05, 0) is 23.8 Å². The molecule has 1 atom stereocenters. The van der Waals surface area contributed by atoms with Crippen LogP contribution >= 0.6 is 0 Å². The Hall–Kier alpha value is -2.59. The molecular weight excluding hydrogens is 274 g/mol. The van der Waals surface area contributed by atoms with Gasteiger partial charge in [-0.15, -0.1) is 0 Å². The van der Waals surface area contributed by atoms with Crippen LogP contribution in [0.25, 0.3) is 11.3 Å². The number of hydrogen-bond acceptors (Lipinski definition) is 3. The van der Waals surface area contributed by atoms with Crippen LogP contribution in [0.15, 0.2) is 60.7 Å². The summed E-state index contributed by atoms with van der Waals surface area (Å²) in [4.78, 5) is 0. The van der Waals surface area contributed by atoms with Gasteiger partial charge in [0.05, 0.1) is 12.8 Å². The smallest absolute Gasteiger partial charge is 0.119 e. The fourth-order valence-corrected chi connectivity index (χ4v) is 2.57. The Labute approximate surface area is 129 Å². The van der Waals surface area contributed by atoms with E-state index in [-0.39, 0.29) is 5.92 Å². The van der Waals surface area contributed by atoms with Gasteiger partial charge >= 0.3 is 0 Å². The fraction of sp³-hybridized carbons (Fsp3) is 0.167. The lowest BCUT2D eigenvalue weighted by molar-refractivity contribution is 0.414. The van der Waals surface area contributed by atoms with E-state index in [0.29, 0.717) is 6.54 Å². The molecule has 4 heteroatoms. The third kappa shape index (κ3) is 2.87. The number of ether oxygens (including phenoxy) is 1. The largest absolute Gasteiger partial charge is 0.497 e. The van der Waals surface area contributed by atoms with E-state index in [1.165, 1.54) is 0 Å². The van der Waals surface area contributed by atoms with Crippen LogP contribution < -0.4 is 10.5 Å². The summed E-state index contributed by atoms with van der Waals surface area (Å²) in [6.45, 7) is 0.504.